The molecule has 28 heavy (non-hydrogen) atoms. The van der Waals surface area contributed by atoms with Crippen LogP contribution >= 0.6 is 0 Å². The monoisotopic (exact) mass is 379 g/mol. The third-order valence-corrected chi connectivity index (χ3v) is 6.73. The van der Waals surface area contributed by atoms with Crippen LogP contribution in [0.1, 0.15) is 31.7 Å². The highest BCUT2D eigenvalue weighted by molar-refractivity contribution is 5.57. The summed E-state index contributed by atoms with van der Waals surface area (Å²) in [6.07, 6.45) is 5.03. The molecule has 2 aromatic rings. The summed E-state index contributed by atoms with van der Waals surface area (Å²) in [5.74, 6) is 1.72. The maximum absolute atomic E-state index is 12.5. The molecular weight excluding hydrogens is 350 g/mol. The molecule has 0 radical (unpaired) electrons. The second kappa shape index (κ2) is 7.28. The number of benzene rings is 1. The molecule has 3 unspecified atom stereocenters. The normalized spacial score (nSPS) is 29.5. The Kier molecular flexibility index (Phi) is 4.63. The average Bonchev–Trinajstić information content (AvgIpc) is 3.30. The van der Waals surface area contributed by atoms with Crippen LogP contribution in [0, 0.1) is 5.92 Å². The highest BCUT2D eigenvalue weighted by atomic mass is 16.5. The molecule has 0 spiro atoms. The molecule has 5 heteroatoms. The van der Waals surface area contributed by atoms with Gasteiger partial charge in [0.15, 0.2) is 0 Å². The molecule has 5 nitrogen and oxygen atoms in total. The summed E-state index contributed by atoms with van der Waals surface area (Å²) in [7, 11) is 0. The fourth-order valence-electron chi connectivity index (χ4n) is 5.48. The molecule has 4 atom stereocenters. The Balaban J connectivity index is 1.46. The lowest BCUT2D eigenvalue weighted by Crippen LogP contribution is -2.44. The summed E-state index contributed by atoms with van der Waals surface area (Å²) in [4.78, 5) is 20.5. The van der Waals surface area contributed by atoms with E-state index in [1.54, 1.807) is 6.07 Å². The Morgan fingerprint density at radius 1 is 1.18 bits per heavy atom. The van der Waals surface area contributed by atoms with Gasteiger partial charge in [0.1, 0.15) is 5.82 Å². The fourth-order valence-corrected chi connectivity index (χ4v) is 5.48. The summed E-state index contributed by atoms with van der Waals surface area (Å²) >= 11 is 0. The van der Waals surface area contributed by atoms with E-state index in [0.717, 1.165) is 36.9 Å². The summed E-state index contributed by atoms with van der Waals surface area (Å²) in [6.45, 7) is 4.49. The Hall–Kier alpha value is -2.27. The number of hydrogen-bond donors (Lipinski definition) is 1. The van der Waals surface area contributed by atoms with Crippen LogP contribution < -0.4 is 15.4 Å². The molecule has 1 aliphatic carbocycles. The highest BCUT2D eigenvalue weighted by Gasteiger charge is 2.46. The van der Waals surface area contributed by atoms with Crippen LogP contribution in [0.25, 0.3) is 0 Å². The Labute approximate surface area is 166 Å². The first kappa shape index (κ1) is 17.8. The number of fused-ring (bicyclic) bond motifs is 2. The highest BCUT2D eigenvalue weighted by Crippen LogP contribution is 2.45. The van der Waals surface area contributed by atoms with E-state index in [1.165, 1.54) is 24.8 Å². The molecule has 3 aliphatic rings. The van der Waals surface area contributed by atoms with Gasteiger partial charge >= 0.3 is 0 Å². The van der Waals surface area contributed by atoms with Gasteiger partial charge in [-0.2, -0.15) is 0 Å². The summed E-state index contributed by atoms with van der Waals surface area (Å²) in [5, 5.41) is 0. The molecule has 2 aliphatic heterocycles. The summed E-state index contributed by atoms with van der Waals surface area (Å²) < 4.78 is 5.68. The maximum atomic E-state index is 12.5. The number of hydrogen-bond acceptors (Lipinski definition) is 4. The second-order valence-corrected chi connectivity index (χ2v) is 8.61. The van der Waals surface area contributed by atoms with Crippen molar-refractivity contribution in [3.8, 4) is 0 Å². The molecular formula is C23H29N3O2. The number of ether oxygens (including phenoxy) is 1. The Morgan fingerprint density at radius 2 is 2.04 bits per heavy atom. The second-order valence-electron chi connectivity index (χ2n) is 8.61. The van der Waals surface area contributed by atoms with Crippen molar-refractivity contribution in [3.05, 3.63) is 58.4 Å². The first-order chi connectivity index (χ1) is 13.7. The Morgan fingerprint density at radius 3 is 2.86 bits per heavy atom. The van der Waals surface area contributed by atoms with Gasteiger partial charge in [0.05, 0.1) is 12.7 Å². The third-order valence-electron chi connectivity index (χ3n) is 6.73. The molecule has 148 valence electrons. The minimum atomic E-state index is -0.00659. The molecule has 2 saturated heterocycles. The standard InChI is InChI=1S/C23H29N3O2/c1-16-15-25(9-10-28-16)20-13-22(24-23(27)14-20)26-19-8-7-18(12-19)21(26)11-17-5-3-2-4-6-17/h2-6,13-14,16,18-19,21H,7-12,15H2,1H3,(H,24,27)/t16-,18?,19?,21?/m1/s1. The molecule has 3 fully saturated rings. The van der Waals surface area contributed by atoms with Gasteiger partial charge in [0.25, 0.3) is 5.56 Å². The van der Waals surface area contributed by atoms with Crippen LogP contribution in [0.4, 0.5) is 11.5 Å². The van der Waals surface area contributed by atoms with E-state index in [2.05, 4.69) is 58.1 Å². The SMILES string of the molecule is C[C@@H]1CN(c2cc(N3C4CCC(C4)C3Cc3ccccc3)[nH]c(=O)c2)CCO1. The first-order valence-electron chi connectivity index (χ1n) is 10.6. The molecule has 3 heterocycles. The van der Waals surface area contributed by atoms with Crippen molar-refractivity contribution in [1.29, 1.82) is 0 Å². The number of anilines is 2. The number of nitrogens with zero attached hydrogens (tertiary/aromatic N) is 2. The van der Waals surface area contributed by atoms with Gasteiger partial charge in [-0.05, 0) is 44.1 Å². The van der Waals surface area contributed by atoms with E-state index in [9.17, 15) is 4.79 Å². The van der Waals surface area contributed by atoms with Gasteiger partial charge in [-0.15, -0.1) is 0 Å². The average molecular weight is 380 g/mol. The van der Waals surface area contributed by atoms with E-state index in [-0.39, 0.29) is 11.7 Å². The van der Waals surface area contributed by atoms with Crippen molar-refractivity contribution in [1.82, 2.24) is 4.98 Å². The lowest BCUT2D eigenvalue weighted by atomic mass is 9.92. The van der Waals surface area contributed by atoms with Crippen molar-refractivity contribution >= 4 is 11.5 Å². The lowest BCUT2D eigenvalue weighted by molar-refractivity contribution is 0.0532. The quantitative estimate of drug-likeness (QED) is 0.886. The zero-order valence-electron chi connectivity index (χ0n) is 16.5. The van der Waals surface area contributed by atoms with Gasteiger partial charge in [-0.1, -0.05) is 30.3 Å². The van der Waals surface area contributed by atoms with E-state index in [4.69, 9.17) is 4.74 Å². The number of rotatable bonds is 4. The van der Waals surface area contributed by atoms with Crippen LogP contribution in [-0.4, -0.2) is 42.9 Å². The van der Waals surface area contributed by atoms with Gasteiger partial charge < -0.3 is 19.5 Å². The van der Waals surface area contributed by atoms with E-state index in [0.29, 0.717) is 18.7 Å². The zero-order valence-corrected chi connectivity index (χ0v) is 16.5. The molecule has 0 amide bonds. The summed E-state index contributed by atoms with van der Waals surface area (Å²) in [5.41, 5.74) is 2.40. The van der Waals surface area contributed by atoms with Crippen molar-refractivity contribution in [2.45, 2.75) is 50.8 Å². The van der Waals surface area contributed by atoms with Crippen LogP contribution in [0.5, 0.6) is 0 Å². The number of nitrogens with one attached hydrogen (secondary N) is 1. The minimum absolute atomic E-state index is 0.00659. The number of morpholine rings is 1. The van der Waals surface area contributed by atoms with Crippen LogP contribution in [-0.2, 0) is 11.2 Å². The largest absolute Gasteiger partial charge is 0.375 e. The molecule has 2 bridgehead atoms. The molecule has 5 rings (SSSR count). The number of aromatic nitrogens is 1. The number of aromatic amines is 1. The number of pyridine rings is 1. The molecule has 1 aromatic carbocycles. The molecule has 1 aromatic heterocycles. The number of H-pyrrole nitrogens is 1. The predicted molar refractivity (Wildman–Crippen MR) is 112 cm³/mol. The molecule has 1 saturated carbocycles. The van der Waals surface area contributed by atoms with Crippen molar-refractivity contribution in [2.75, 3.05) is 29.5 Å². The van der Waals surface area contributed by atoms with Crippen molar-refractivity contribution < 1.29 is 4.74 Å². The van der Waals surface area contributed by atoms with Crippen molar-refractivity contribution in [3.63, 3.8) is 0 Å². The third kappa shape index (κ3) is 3.32. The first-order valence-corrected chi connectivity index (χ1v) is 10.6. The summed E-state index contributed by atoms with van der Waals surface area (Å²) in [6, 6.07) is 15.7. The van der Waals surface area contributed by atoms with Crippen LogP contribution in [0.2, 0.25) is 0 Å². The van der Waals surface area contributed by atoms with Crippen molar-refractivity contribution in [2.24, 2.45) is 5.92 Å². The minimum Gasteiger partial charge on any atom is -0.375 e. The predicted octanol–water partition coefficient (Wildman–Crippen LogP) is 3.20. The Bertz CT molecular complexity index is 881. The van der Waals surface area contributed by atoms with Crippen LogP contribution in [0.15, 0.2) is 47.3 Å². The van der Waals surface area contributed by atoms with Gasteiger partial charge in [0, 0.05) is 43.0 Å². The fraction of sp³-hybridized carbons (Fsp3) is 0.522. The topological polar surface area (TPSA) is 48.6 Å². The van der Waals surface area contributed by atoms with Gasteiger partial charge in [0.2, 0.25) is 0 Å². The van der Waals surface area contributed by atoms with E-state index in [1.807, 2.05) is 0 Å². The smallest absolute Gasteiger partial charge is 0.251 e. The number of piperidine rings is 1. The molecule has 1 N–H and O–H groups in total. The van der Waals surface area contributed by atoms with Crippen LogP contribution in [0.3, 0.4) is 0 Å². The van der Waals surface area contributed by atoms with Gasteiger partial charge in [-0.3, -0.25) is 4.79 Å². The van der Waals surface area contributed by atoms with Gasteiger partial charge in [-0.25, -0.2) is 0 Å². The van der Waals surface area contributed by atoms with E-state index >= 15 is 0 Å². The maximum Gasteiger partial charge on any atom is 0.251 e. The van der Waals surface area contributed by atoms with E-state index < -0.39 is 0 Å². The lowest BCUT2D eigenvalue weighted by Gasteiger charge is -2.38. The zero-order chi connectivity index (χ0) is 19.1.